The fraction of sp³-hybridized carbons (Fsp3) is 0.375. The van der Waals surface area contributed by atoms with Gasteiger partial charge in [0.1, 0.15) is 5.75 Å². The van der Waals surface area contributed by atoms with E-state index in [2.05, 4.69) is 5.32 Å². The third-order valence-electron chi connectivity index (χ3n) is 4.70. The first-order chi connectivity index (χ1) is 11.4. The molecule has 8 heteroatoms. The van der Waals surface area contributed by atoms with Gasteiger partial charge in [0.2, 0.25) is 5.91 Å². The summed E-state index contributed by atoms with van der Waals surface area (Å²) in [7, 11) is 1.39. The van der Waals surface area contributed by atoms with Crippen LogP contribution in [0.25, 0.3) is 0 Å². The van der Waals surface area contributed by atoms with Crippen molar-refractivity contribution in [2.45, 2.75) is 6.42 Å². The maximum absolute atomic E-state index is 12.6. The highest BCUT2D eigenvalue weighted by Crippen LogP contribution is 2.48. The highest BCUT2D eigenvalue weighted by atomic mass is 16.6. The summed E-state index contributed by atoms with van der Waals surface area (Å²) in [6.07, 6.45) is 4.36. The number of carbonyl (C=O) groups excluding carboxylic acids is 1. The number of hydrogen-bond donors (Lipinski definition) is 2. The predicted octanol–water partition coefficient (Wildman–Crippen LogP) is 2.06. The van der Waals surface area contributed by atoms with E-state index in [9.17, 15) is 24.8 Å². The van der Waals surface area contributed by atoms with Crippen LogP contribution in [0.4, 0.5) is 11.4 Å². The first kappa shape index (κ1) is 16.0. The number of carbonyl (C=O) groups is 2. The van der Waals surface area contributed by atoms with Gasteiger partial charge in [0, 0.05) is 12.1 Å². The Bertz CT molecular complexity index is 744. The van der Waals surface area contributed by atoms with Crippen LogP contribution in [0.3, 0.4) is 0 Å². The molecular formula is C16H16N2O6. The molecule has 2 N–H and O–H groups in total. The van der Waals surface area contributed by atoms with Gasteiger partial charge in [0.15, 0.2) is 0 Å². The molecule has 0 heterocycles. The van der Waals surface area contributed by atoms with Gasteiger partial charge in [-0.3, -0.25) is 19.7 Å². The highest BCUT2D eigenvalue weighted by Gasteiger charge is 2.51. The van der Waals surface area contributed by atoms with Crippen molar-refractivity contribution in [3.8, 4) is 5.75 Å². The normalized spacial score (nSPS) is 27.0. The Morgan fingerprint density at radius 3 is 2.54 bits per heavy atom. The van der Waals surface area contributed by atoms with Gasteiger partial charge >= 0.3 is 5.97 Å². The van der Waals surface area contributed by atoms with Crippen molar-refractivity contribution in [1.82, 2.24) is 0 Å². The van der Waals surface area contributed by atoms with Crippen LogP contribution in [0.5, 0.6) is 5.75 Å². The van der Waals surface area contributed by atoms with Crippen LogP contribution in [-0.2, 0) is 9.59 Å². The van der Waals surface area contributed by atoms with Gasteiger partial charge in [0.05, 0.1) is 29.6 Å². The lowest BCUT2D eigenvalue weighted by Gasteiger charge is -2.24. The van der Waals surface area contributed by atoms with E-state index in [1.54, 1.807) is 0 Å². The van der Waals surface area contributed by atoms with Gasteiger partial charge < -0.3 is 15.2 Å². The van der Waals surface area contributed by atoms with E-state index < -0.39 is 28.6 Å². The van der Waals surface area contributed by atoms with Gasteiger partial charge in [-0.2, -0.15) is 0 Å². The molecule has 2 aliphatic carbocycles. The maximum atomic E-state index is 12.6. The van der Waals surface area contributed by atoms with Gasteiger partial charge in [-0.05, 0) is 24.3 Å². The van der Waals surface area contributed by atoms with Crippen molar-refractivity contribution in [3.63, 3.8) is 0 Å². The number of non-ortho nitro benzene ring substituents is 1. The standard InChI is InChI=1S/C16H16N2O6/c1-24-12-5-4-10(18(22)23)7-11(12)17-15(19)13-8-2-3-9(6-8)14(13)16(20)21/h2-5,7-9,13-14H,6H2,1H3,(H,17,19)(H,20,21)/t8-,9+,13+,14+/m1/s1. The second kappa shape index (κ2) is 5.95. The number of nitrogens with one attached hydrogen (secondary N) is 1. The Hall–Kier alpha value is -2.90. The third-order valence-corrected chi connectivity index (χ3v) is 4.70. The molecule has 0 aliphatic heterocycles. The number of rotatable bonds is 5. The number of amides is 1. The summed E-state index contributed by atoms with van der Waals surface area (Å²) < 4.78 is 5.11. The fourth-order valence-electron chi connectivity index (χ4n) is 3.64. The molecule has 1 aromatic carbocycles. The van der Waals surface area contributed by atoms with Crippen molar-refractivity contribution in [3.05, 3.63) is 40.5 Å². The highest BCUT2D eigenvalue weighted by molar-refractivity contribution is 5.97. The molecule has 24 heavy (non-hydrogen) atoms. The summed E-state index contributed by atoms with van der Waals surface area (Å²) in [6, 6.07) is 3.87. The first-order valence-electron chi connectivity index (χ1n) is 7.46. The molecule has 3 rings (SSSR count). The zero-order valence-corrected chi connectivity index (χ0v) is 12.8. The number of anilines is 1. The molecule has 1 fully saturated rings. The Labute approximate surface area is 137 Å². The van der Waals surface area contributed by atoms with Crippen LogP contribution >= 0.6 is 0 Å². The number of carboxylic acid groups (broad SMARTS) is 1. The van der Waals surface area contributed by atoms with E-state index in [0.29, 0.717) is 6.42 Å². The summed E-state index contributed by atoms with van der Waals surface area (Å²) >= 11 is 0. The number of allylic oxidation sites excluding steroid dienone is 2. The van der Waals surface area contributed by atoms with Crippen LogP contribution in [0.15, 0.2) is 30.4 Å². The second-order valence-electron chi connectivity index (χ2n) is 5.97. The number of hydrogen-bond acceptors (Lipinski definition) is 5. The van der Waals surface area contributed by atoms with Crippen LogP contribution in [0.1, 0.15) is 6.42 Å². The lowest BCUT2D eigenvalue weighted by Crippen LogP contribution is -2.36. The summed E-state index contributed by atoms with van der Waals surface area (Å²) in [5.41, 5.74) is -0.0266. The summed E-state index contributed by atoms with van der Waals surface area (Å²) in [5, 5.41) is 22.9. The summed E-state index contributed by atoms with van der Waals surface area (Å²) in [6.45, 7) is 0. The van der Waals surface area contributed by atoms with Crippen molar-refractivity contribution >= 4 is 23.3 Å². The monoisotopic (exact) mass is 332 g/mol. The number of ether oxygens (including phenoxy) is 1. The molecular weight excluding hydrogens is 316 g/mol. The average Bonchev–Trinajstić information content (AvgIpc) is 3.15. The third kappa shape index (κ3) is 2.60. The molecule has 0 aromatic heterocycles. The Morgan fingerprint density at radius 2 is 1.96 bits per heavy atom. The van der Waals surface area contributed by atoms with Crippen LogP contribution in [0, 0.1) is 33.8 Å². The smallest absolute Gasteiger partial charge is 0.307 e. The van der Waals surface area contributed by atoms with Crippen molar-refractivity contribution in [2.75, 3.05) is 12.4 Å². The molecule has 1 saturated carbocycles. The number of methoxy groups -OCH3 is 1. The quantitative estimate of drug-likeness (QED) is 0.484. The zero-order valence-electron chi connectivity index (χ0n) is 12.8. The van der Waals surface area contributed by atoms with E-state index in [-0.39, 0.29) is 29.0 Å². The average molecular weight is 332 g/mol. The lowest BCUT2D eigenvalue weighted by molar-refractivity contribution is -0.384. The molecule has 4 atom stereocenters. The Kier molecular flexibility index (Phi) is 3.96. The fourth-order valence-corrected chi connectivity index (χ4v) is 3.64. The summed E-state index contributed by atoms with van der Waals surface area (Å²) in [4.78, 5) is 34.5. The molecule has 2 bridgehead atoms. The van der Waals surface area contributed by atoms with E-state index in [1.165, 1.54) is 25.3 Å². The minimum atomic E-state index is -1.00. The van der Waals surface area contributed by atoms with Gasteiger partial charge in [-0.1, -0.05) is 12.2 Å². The number of nitrogens with zero attached hydrogens (tertiary/aromatic N) is 1. The summed E-state index contributed by atoms with van der Waals surface area (Å²) in [5.74, 6) is -2.92. The second-order valence-corrected chi connectivity index (χ2v) is 5.97. The Morgan fingerprint density at radius 1 is 1.29 bits per heavy atom. The van der Waals surface area contributed by atoms with E-state index in [4.69, 9.17) is 4.74 Å². The van der Waals surface area contributed by atoms with Crippen LogP contribution in [-0.4, -0.2) is 29.0 Å². The number of nitro benzene ring substituents is 1. The topological polar surface area (TPSA) is 119 Å². The van der Waals surface area contributed by atoms with Crippen LogP contribution in [0.2, 0.25) is 0 Å². The molecule has 0 saturated heterocycles. The lowest BCUT2D eigenvalue weighted by atomic mass is 9.82. The molecule has 8 nitrogen and oxygen atoms in total. The van der Waals surface area contributed by atoms with Crippen molar-refractivity contribution in [2.24, 2.45) is 23.7 Å². The minimum Gasteiger partial charge on any atom is -0.495 e. The molecule has 126 valence electrons. The number of benzene rings is 1. The molecule has 1 aromatic rings. The maximum Gasteiger partial charge on any atom is 0.307 e. The largest absolute Gasteiger partial charge is 0.495 e. The van der Waals surface area contributed by atoms with Crippen molar-refractivity contribution < 1.29 is 24.4 Å². The van der Waals surface area contributed by atoms with Gasteiger partial charge in [0.25, 0.3) is 5.69 Å². The first-order valence-corrected chi connectivity index (χ1v) is 7.46. The van der Waals surface area contributed by atoms with E-state index >= 15 is 0 Å². The van der Waals surface area contributed by atoms with E-state index in [0.717, 1.165) is 0 Å². The number of nitro groups is 1. The molecule has 1 amide bonds. The SMILES string of the molecule is COc1ccc([N+](=O)[O-])cc1NC(=O)[C@@H]1[C@@H](C(=O)O)[C@H]2C=C[C@@H]1C2. The van der Waals surface area contributed by atoms with Crippen molar-refractivity contribution in [1.29, 1.82) is 0 Å². The van der Waals surface area contributed by atoms with Gasteiger partial charge in [-0.15, -0.1) is 0 Å². The number of aliphatic carboxylic acids is 1. The van der Waals surface area contributed by atoms with Crippen LogP contribution < -0.4 is 10.1 Å². The van der Waals surface area contributed by atoms with E-state index in [1.807, 2.05) is 12.2 Å². The molecule has 0 unspecified atom stereocenters. The Balaban J connectivity index is 1.87. The number of fused-ring (bicyclic) bond motifs is 2. The van der Waals surface area contributed by atoms with Gasteiger partial charge in [-0.25, -0.2) is 0 Å². The molecule has 0 spiro atoms. The zero-order chi connectivity index (χ0) is 17.4. The predicted molar refractivity (Wildman–Crippen MR) is 83.6 cm³/mol. The molecule has 2 aliphatic rings. The molecule has 0 radical (unpaired) electrons. The number of carboxylic acids is 1. The minimum absolute atomic E-state index is 0.124.